The number of aromatic nitrogens is 5. The van der Waals surface area contributed by atoms with Crippen LogP contribution < -0.4 is 10.6 Å². The van der Waals surface area contributed by atoms with Crippen LogP contribution in [-0.2, 0) is 12.7 Å². The van der Waals surface area contributed by atoms with Crippen LogP contribution in [0.5, 0.6) is 0 Å². The molecular formula is C16H16F3N7O2. The number of halogens is 3. The fourth-order valence-electron chi connectivity index (χ4n) is 2.64. The number of aryl methyl sites for hydroxylation is 2. The summed E-state index contributed by atoms with van der Waals surface area (Å²) in [6, 6.07) is 1.99. The van der Waals surface area contributed by atoms with Crippen LogP contribution in [0.25, 0.3) is 5.65 Å². The van der Waals surface area contributed by atoms with Gasteiger partial charge in [0.05, 0.1) is 6.20 Å². The Morgan fingerprint density at radius 3 is 2.54 bits per heavy atom. The van der Waals surface area contributed by atoms with E-state index in [0.717, 1.165) is 12.1 Å². The van der Waals surface area contributed by atoms with Crippen molar-refractivity contribution in [1.82, 2.24) is 29.7 Å². The van der Waals surface area contributed by atoms with Gasteiger partial charge in [-0.3, -0.25) is 9.59 Å². The van der Waals surface area contributed by atoms with E-state index in [4.69, 9.17) is 0 Å². The number of nitrogens with one attached hydrogen (secondary N) is 2. The van der Waals surface area contributed by atoms with Crippen LogP contribution in [0.1, 0.15) is 39.2 Å². The van der Waals surface area contributed by atoms with Crippen LogP contribution in [0.15, 0.2) is 18.3 Å². The predicted octanol–water partition coefficient (Wildman–Crippen LogP) is 1.88. The Balaban J connectivity index is 2.02. The van der Waals surface area contributed by atoms with Gasteiger partial charge in [-0.1, -0.05) is 0 Å². The topological polar surface area (TPSA) is 106 Å². The van der Waals surface area contributed by atoms with Crippen molar-refractivity contribution in [3.63, 3.8) is 0 Å². The zero-order valence-corrected chi connectivity index (χ0v) is 15.1. The molecule has 3 rings (SSSR count). The molecule has 0 saturated heterocycles. The maximum Gasteiger partial charge on any atom is 0.433 e. The molecule has 0 bridgehead atoms. The van der Waals surface area contributed by atoms with Crippen molar-refractivity contribution < 1.29 is 22.8 Å². The summed E-state index contributed by atoms with van der Waals surface area (Å²) >= 11 is 0. The third-order valence-corrected chi connectivity index (χ3v) is 3.92. The van der Waals surface area contributed by atoms with Gasteiger partial charge in [-0.05, 0) is 19.9 Å². The summed E-state index contributed by atoms with van der Waals surface area (Å²) in [5.41, 5.74) is -1.19. The van der Waals surface area contributed by atoms with Crippen molar-refractivity contribution in [2.24, 2.45) is 0 Å². The maximum atomic E-state index is 13.2. The molecule has 2 amide bonds. The number of alkyl halides is 3. The molecule has 0 spiro atoms. The van der Waals surface area contributed by atoms with Crippen LogP contribution >= 0.6 is 0 Å². The third kappa shape index (κ3) is 3.40. The lowest BCUT2D eigenvalue weighted by molar-refractivity contribution is -0.142. The monoisotopic (exact) mass is 395 g/mol. The first-order valence-corrected chi connectivity index (χ1v) is 8.19. The molecule has 28 heavy (non-hydrogen) atoms. The van der Waals surface area contributed by atoms with Gasteiger partial charge in [0.25, 0.3) is 11.8 Å². The molecule has 9 nitrogen and oxygen atoms in total. The number of hydrogen-bond donors (Lipinski definition) is 2. The van der Waals surface area contributed by atoms with Gasteiger partial charge in [0, 0.05) is 25.4 Å². The SMILES string of the molecule is CCn1ncc(C(=O)NC)c1NC(=O)c1cc2nc(C)cc(C(F)(F)F)n2n1. The van der Waals surface area contributed by atoms with E-state index in [1.165, 1.54) is 24.9 Å². The minimum absolute atomic E-state index is 0.115. The van der Waals surface area contributed by atoms with E-state index in [9.17, 15) is 22.8 Å². The summed E-state index contributed by atoms with van der Waals surface area (Å²) in [5, 5.41) is 12.7. The standard InChI is InChI=1S/C16H16F3N7O2/c1-4-25-13(9(7-21-25)14(27)20-3)23-15(28)10-6-12-22-8(2)5-11(16(17,18)19)26(12)24-10/h5-7H,4H2,1-3H3,(H,20,27)(H,23,28). The maximum absolute atomic E-state index is 13.2. The number of amides is 2. The minimum atomic E-state index is -4.67. The first-order valence-electron chi connectivity index (χ1n) is 8.19. The lowest BCUT2D eigenvalue weighted by Crippen LogP contribution is -2.22. The highest BCUT2D eigenvalue weighted by atomic mass is 19.4. The molecule has 0 saturated carbocycles. The Hall–Kier alpha value is -3.44. The molecule has 12 heteroatoms. The molecule has 0 aromatic carbocycles. The van der Waals surface area contributed by atoms with Crippen molar-refractivity contribution in [3.8, 4) is 0 Å². The molecule has 3 heterocycles. The van der Waals surface area contributed by atoms with Crippen LogP contribution in [0.3, 0.4) is 0 Å². The van der Waals surface area contributed by atoms with Crippen molar-refractivity contribution in [2.45, 2.75) is 26.6 Å². The molecule has 2 N–H and O–H groups in total. The molecule has 0 radical (unpaired) electrons. The second-order valence-electron chi connectivity index (χ2n) is 5.84. The van der Waals surface area contributed by atoms with Crippen molar-refractivity contribution >= 4 is 23.3 Å². The van der Waals surface area contributed by atoms with Gasteiger partial charge >= 0.3 is 6.18 Å². The molecule has 0 fully saturated rings. The molecule has 148 valence electrons. The zero-order valence-electron chi connectivity index (χ0n) is 15.1. The third-order valence-electron chi connectivity index (χ3n) is 3.92. The number of anilines is 1. The molecule has 0 unspecified atom stereocenters. The molecule has 0 aliphatic carbocycles. The van der Waals surface area contributed by atoms with Crippen LogP contribution in [-0.4, -0.2) is 43.2 Å². The minimum Gasteiger partial charge on any atom is -0.355 e. The van der Waals surface area contributed by atoms with E-state index in [-0.39, 0.29) is 28.4 Å². The van der Waals surface area contributed by atoms with Gasteiger partial charge < -0.3 is 10.6 Å². The second kappa shape index (κ2) is 6.94. The lowest BCUT2D eigenvalue weighted by Gasteiger charge is -2.09. The second-order valence-corrected chi connectivity index (χ2v) is 5.84. The Bertz CT molecular complexity index is 1070. The van der Waals surface area contributed by atoms with Gasteiger partial charge in [0.2, 0.25) is 0 Å². The molecule has 0 atom stereocenters. The summed E-state index contributed by atoms with van der Waals surface area (Å²) in [5.74, 6) is -1.15. The number of rotatable bonds is 4. The van der Waals surface area contributed by atoms with Crippen LogP contribution in [0, 0.1) is 6.92 Å². The van der Waals surface area contributed by atoms with E-state index < -0.39 is 23.7 Å². The Kier molecular flexibility index (Phi) is 4.79. The first kappa shape index (κ1) is 19.3. The highest BCUT2D eigenvalue weighted by molar-refractivity contribution is 6.07. The fourth-order valence-corrected chi connectivity index (χ4v) is 2.64. The van der Waals surface area contributed by atoms with E-state index in [2.05, 4.69) is 25.8 Å². The summed E-state index contributed by atoms with van der Waals surface area (Å²) in [7, 11) is 1.42. The lowest BCUT2D eigenvalue weighted by atomic mass is 10.3. The highest BCUT2D eigenvalue weighted by Gasteiger charge is 2.35. The average molecular weight is 395 g/mol. The summed E-state index contributed by atoms with van der Waals surface area (Å²) in [4.78, 5) is 28.5. The van der Waals surface area contributed by atoms with Crippen molar-refractivity contribution in [2.75, 3.05) is 12.4 Å². The van der Waals surface area contributed by atoms with Gasteiger partial charge in [0.15, 0.2) is 11.3 Å². The van der Waals surface area contributed by atoms with Gasteiger partial charge in [0.1, 0.15) is 17.1 Å². The Morgan fingerprint density at radius 1 is 1.21 bits per heavy atom. The van der Waals surface area contributed by atoms with E-state index in [0.29, 0.717) is 11.1 Å². The fraction of sp³-hybridized carbons (Fsp3) is 0.312. The molecular weight excluding hydrogens is 379 g/mol. The molecule has 3 aromatic rings. The Labute approximate surface area is 156 Å². The average Bonchev–Trinajstić information content (AvgIpc) is 3.23. The smallest absolute Gasteiger partial charge is 0.355 e. The molecule has 0 aliphatic rings. The van der Waals surface area contributed by atoms with Gasteiger partial charge in [-0.25, -0.2) is 14.2 Å². The van der Waals surface area contributed by atoms with Crippen molar-refractivity contribution in [3.05, 3.63) is 41.0 Å². The van der Waals surface area contributed by atoms with Gasteiger partial charge in [-0.2, -0.15) is 23.4 Å². The van der Waals surface area contributed by atoms with Crippen LogP contribution in [0.4, 0.5) is 19.0 Å². The highest BCUT2D eigenvalue weighted by Crippen LogP contribution is 2.30. The van der Waals surface area contributed by atoms with E-state index in [1.807, 2.05) is 0 Å². The molecule has 0 aliphatic heterocycles. The quantitative estimate of drug-likeness (QED) is 0.702. The van der Waals surface area contributed by atoms with E-state index in [1.54, 1.807) is 6.92 Å². The van der Waals surface area contributed by atoms with Crippen molar-refractivity contribution in [1.29, 1.82) is 0 Å². The largest absolute Gasteiger partial charge is 0.433 e. The predicted molar refractivity (Wildman–Crippen MR) is 92.0 cm³/mol. The molecule has 3 aromatic heterocycles. The summed E-state index contributed by atoms with van der Waals surface area (Å²) < 4.78 is 41.7. The summed E-state index contributed by atoms with van der Waals surface area (Å²) in [6.07, 6.45) is -3.38. The zero-order chi connectivity index (χ0) is 20.6. The van der Waals surface area contributed by atoms with E-state index >= 15 is 0 Å². The number of carbonyl (C=O) groups is 2. The number of hydrogen-bond acceptors (Lipinski definition) is 5. The summed E-state index contributed by atoms with van der Waals surface area (Å²) in [6.45, 7) is 3.53. The van der Waals surface area contributed by atoms with Gasteiger partial charge in [-0.15, -0.1) is 0 Å². The van der Waals surface area contributed by atoms with Crippen LogP contribution in [0.2, 0.25) is 0 Å². The number of fused-ring (bicyclic) bond motifs is 1. The Morgan fingerprint density at radius 2 is 1.93 bits per heavy atom. The first-order chi connectivity index (χ1) is 13.2. The number of carbonyl (C=O) groups excluding carboxylic acids is 2. The normalized spacial score (nSPS) is 11.6. The number of nitrogens with zero attached hydrogens (tertiary/aromatic N) is 5.